The summed E-state index contributed by atoms with van der Waals surface area (Å²) in [5, 5.41) is 9.01. The summed E-state index contributed by atoms with van der Waals surface area (Å²) in [5.41, 5.74) is -0.783. The van der Waals surface area contributed by atoms with Crippen LogP contribution in [0.3, 0.4) is 0 Å². The van der Waals surface area contributed by atoms with Crippen LogP contribution in [0.4, 0.5) is 0 Å². The van der Waals surface area contributed by atoms with E-state index in [1.807, 2.05) is 6.92 Å². The lowest BCUT2D eigenvalue weighted by molar-refractivity contribution is 0.213. The van der Waals surface area contributed by atoms with Crippen molar-refractivity contribution < 1.29 is 4.79 Å². The van der Waals surface area contributed by atoms with Crippen LogP contribution in [0.1, 0.15) is 33.1 Å². The SMILES string of the molecule is CC1CCC(C#N)(N=C=O)C(C)C1. The summed E-state index contributed by atoms with van der Waals surface area (Å²) in [5.74, 6) is 0.807. The maximum absolute atomic E-state index is 10.2. The van der Waals surface area contributed by atoms with Crippen molar-refractivity contribution in [3.8, 4) is 6.07 Å². The molecule has 1 fully saturated rings. The Morgan fingerprint density at radius 3 is 2.69 bits per heavy atom. The summed E-state index contributed by atoms with van der Waals surface area (Å²) in [6, 6.07) is 2.16. The summed E-state index contributed by atoms with van der Waals surface area (Å²) >= 11 is 0. The van der Waals surface area contributed by atoms with Crippen LogP contribution < -0.4 is 0 Å². The van der Waals surface area contributed by atoms with E-state index in [0.717, 1.165) is 12.8 Å². The number of rotatable bonds is 1. The average molecular weight is 178 g/mol. The van der Waals surface area contributed by atoms with Crippen LogP contribution in [0.25, 0.3) is 0 Å². The topological polar surface area (TPSA) is 53.2 Å². The molecule has 0 amide bonds. The van der Waals surface area contributed by atoms with Crippen molar-refractivity contribution in [2.24, 2.45) is 16.8 Å². The van der Waals surface area contributed by atoms with Gasteiger partial charge in [-0.3, -0.25) is 0 Å². The van der Waals surface area contributed by atoms with Crippen LogP contribution in [-0.2, 0) is 4.79 Å². The molecule has 3 heteroatoms. The number of aliphatic imine (C=N–C) groups is 1. The zero-order chi connectivity index (χ0) is 9.90. The molecule has 0 radical (unpaired) electrons. The lowest BCUT2D eigenvalue weighted by Gasteiger charge is -2.35. The first-order chi connectivity index (χ1) is 6.14. The Balaban J connectivity index is 2.89. The van der Waals surface area contributed by atoms with E-state index in [0.29, 0.717) is 12.3 Å². The molecular weight excluding hydrogens is 164 g/mol. The molecule has 1 saturated carbocycles. The van der Waals surface area contributed by atoms with Gasteiger partial charge in [-0.1, -0.05) is 13.8 Å². The van der Waals surface area contributed by atoms with Crippen molar-refractivity contribution >= 4 is 6.08 Å². The largest absolute Gasteiger partial charge is 0.236 e. The highest BCUT2D eigenvalue weighted by atomic mass is 16.1. The monoisotopic (exact) mass is 178 g/mol. The first kappa shape index (κ1) is 9.95. The fraction of sp³-hybridized carbons (Fsp3) is 0.800. The van der Waals surface area contributed by atoms with E-state index in [9.17, 15) is 4.79 Å². The summed E-state index contributed by atoms with van der Waals surface area (Å²) < 4.78 is 0. The standard InChI is InChI=1S/C10H14N2O/c1-8-3-4-10(6-11,12-7-13)9(2)5-8/h8-9H,3-5H2,1-2H3. The van der Waals surface area contributed by atoms with Crippen molar-refractivity contribution in [2.45, 2.75) is 38.6 Å². The number of hydrogen-bond donors (Lipinski definition) is 0. The third-order valence-corrected chi connectivity index (χ3v) is 3.03. The van der Waals surface area contributed by atoms with E-state index < -0.39 is 5.54 Å². The molecule has 0 aromatic rings. The highest BCUT2D eigenvalue weighted by molar-refractivity contribution is 5.37. The normalized spacial score (nSPS) is 38.8. The molecule has 3 unspecified atom stereocenters. The highest BCUT2D eigenvalue weighted by Crippen LogP contribution is 2.38. The lowest BCUT2D eigenvalue weighted by Crippen LogP contribution is -2.38. The molecule has 70 valence electrons. The Kier molecular flexibility index (Phi) is 2.85. The molecule has 0 heterocycles. The van der Waals surface area contributed by atoms with Crippen LogP contribution in [-0.4, -0.2) is 11.6 Å². The van der Waals surface area contributed by atoms with Gasteiger partial charge in [0.2, 0.25) is 6.08 Å². The minimum Gasteiger partial charge on any atom is -0.211 e. The fourth-order valence-electron chi connectivity index (χ4n) is 2.07. The van der Waals surface area contributed by atoms with Crippen LogP contribution >= 0.6 is 0 Å². The maximum atomic E-state index is 10.2. The third-order valence-electron chi connectivity index (χ3n) is 3.03. The molecule has 1 aliphatic carbocycles. The fourth-order valence-corrected chi connectivity index (χ4v) is 2.07. The van der Waals surface area contributed by atoms with E-state index in [1.54, 1.807) is 0 Å². The summed E-state index contributed by atoms with van der Waals surface area (Å²) in [4.78, 5) is 13.9. The molecule has 1 rings (SSSR count). The Bertz CT molecular complexity index is 275. The first-order valence-electron chi connectivity index (χ1n) is 4.65. The minimum absolute atomic E-state index is 0.169. The van der Waals surface area contributed by atoms with Gasteiger partial charge in [-0.25, -0.2) is 4.79 Å². The third kappa shape index (κ3) is 1.79. The Morgan fingerprint density at radius 2 is 2.23 bits per heavy atom. The van der Waals surface area contributed by atoms with Crippen molar-refractivity contribution in [2.75, 3.05) is 0 Å². The quantitative estimate of drug-likeness (QED) is 0.455. The van der Waals surface area contributed by atoms with E-state index in [2.05, 4.69) is 18.0 Å². The van der Waals surface area contributed by atoms with Gasteiger partial charge in [0.15, 0.2) is 5.54 Å². The molecular formula is C10H14N2O. The molecule has 3 atom stereocenters. The zero-order valence-corrected chi connectivity index (χ0v) is 8.08. The molecule has 0 aromatic heterocycles. The van der Waals surface area contributed by atoms with Gasteiger partial charge >= 0.3 is 0 Å². The van der Waals surface area contributed by atoms with Gasteiger partial charge in [0.05, 0.1) is 6.07 Å². The van der Waals surface area contributed by atoms with Crippen LogP contribution in [0, 0.1) is 23.2 Å². The summed E-state index contributed by atoms with van der Waals surface area (Å²) in [6.07, 6.45) is 4.17. The maximum Gasteiger partial charge on any atom is 0.236 e. The molecule has 1 aliphatic rings. The molecule has 3 nitrogen and oxygen atoms in total. The molecule has 0 spiro atoms. The lowest BCUT2D eigenvalue weighted by atomic mass is 9.71. The van der Waals surface area contributed by atoms with Gasteiger partial charge in [0.25, 0.3) is 0 Å². The zero-order valence-electron chi connectivity index (χ0n) is 8.08. The second kappa shape index (κ2) is 3.72. The van der Waals surface area contributed by atoms with Crippen molar-refractivity contribution in [3.05, 3.63) is 0 Å². The smallest absolute Gasteiger partial charge is 0.211 e. The molecule has 0 aliphatic heterocycles. The average Bonchev–Trinajstić information content (AvgIpc) is 2.11. The predicted octanol–water partition coefficient (Wildman–Crippen LogP) is 2.04. The number of nitrogens with zero attached hydrogens (tertiary/aromatic N) is 2. The molecule has 0 aromatic carbocycles. The van der Waals surface area contributed by atoms with Crippen LogP contribution in [0.2, 0.25) is 0 Å². The predicted molar refractivity (Wildman–Crippen MR) is 48.6 cm³/mol. The summed E-state index contributed by atoms with van der Waals surface area (Å²) in [7, 11) is 0. The second-order valence-electron chi connectivity index (χ2n) is 4.02. The van der Waals surface area contributed by atoms with Gasteiger partial charge in [0, 0.05) is 0 Å². The van der Waals surface area contributed by atoms with E-state index in [4.69, 9.17) is 5.26 Å². The van der Waals surface area contributed by atoms with Gasteiger partial charge in [-0.2, -0.15) is 10.3 Å². The van der Waals surface area contributed by atoms with Crippen LogP contribution in [0.15, 0.2) is 4.99 Å². The van der Waals surface area contributed by atoms with Gasteiger partial charge in [-0.05, 0) is 31.1 Å². The summed E-state index contributed by atoms with van der Waals surface area (Å²) in [6.45, 7) is 4.15. The molecule has 13 heavy (non-hydrogen) atoms. The van der Waals surface area contributed by atoms with E-state index in [-0.39, 0.29) is 5.92 Å². The first-order valence-corrected chi connectivity index (χ1v) is 4.65. The van der Waals surface area contributed by atoms with Crippen LogP contribution in [0.5, 0.6) is 0 Å². The number of hydrogen-bond acceptors (Lipinski definition) is 3. The van der Waals surface area contributed by atoms with Crippen molar-refractivity contribution in [1.82, 2.24) is 0 Å². The molecule has 0 N–H and O–H groups in total. The van der Waals surface area contributed by atoms with E-state index in [1.165, 1.54) is 6.08 Å². The van der Waals surface area contributed by atoms with Crippen molar-refractivity contribution in [1.29, 1.82) is 5.26 Å². The molecule has 0 saturated heterocycles. The highest BCUT2D eigenvalue weighted by Gasteiger charge is 2.40. The Labute approximate surface area is 78.5 Å². The number of carbonyl (C=O) groups excluding carboxylic acids is 1. The van der Waals surface area contributed by atoms with Gasteiger partial charge in [0.1, 0.15) is 0 Å². The van der Waals surface area contributed by atoms with Crippen molar-refractivity contribution in [3.63, 3.8) is 0 Å². The molecule has 0 bridgehead atoms. The minimum atomic E-state index is -0.783. The van der Waals surface area contributed by atoms with Gasteiger partial charge < -0.3 is 0 Å². The Morgan fingerprint density at radius 1 is 1.54 bits per heavy atom. The Hall–Kier alpha value is -1.13. The number of isocyanates is 1. The van der Waals surface area contributed by atoms with E-state index >= 15 is 0 Å². The van der Waals surface area contributed by atoms with Gasteiger partial charge in [-0.15, -0.1) is 0 Å². The second-order valence-corrected chi connectivity index (χ2v) is 4.02. The number of nitriles is 1.